The van der Waals surface area contributed by atoms with E-state index in [1.54, 1.807) is 26.0 Å². The third-order valence-corrected chi connectivity index (χ3v) is 3.22. The summed E-state index contributed by atoms with van der Waals surface area (Å²) >= 11 is 1.55. The Morgan fingerprint density at radius 2 is 2.00 bits per heavy atom. The van der Waals surface area contributed by atoms with Gasteiger partial charge in [0.15, 0.2) is 0 Å². The van der Waals surface area contributed by atoms with Crippen molar-refractivity contribution in [3.8, 4) is 11.5 Å². The maximum absolute atomic E-state index is 11.0. The largest absolute Gasteiger partial charge is 0.497 e. The van der Waals surface area contributed by atoms with Gasteiger partial charge in [-0.2, -0.15) is 0 Å². The maximum Gasteiger partial charge on any atom is 0.306 e. The number of ether oxygens (including phenoxy) is 3. The number of carbonyl (C=O) groups excluding carboxylic acids is 1. The number of hydrogen-bond acceptors (Lipinski definition) is 5. The standard InChI is InChI=1S/C12H16O4S/c1-14-9-4-5-11(10(8-9)15-2)17-7-6-12(13)16-3/h4-5,8H,6-7H2,1-3H3. The Morgan fingerprint density at radius 3 is 2.59 bits per heavy atom. The predicted molar refractivity (Wildman–Crippen MR) is 66.9 cm³/mol. The lowest BCUT2D eigenvalue weighted by molar-refractivity contribution is -0.140. The second-order valence-electron chi connectivity index (χ2n) is 3.19. The van der Waals surface area contributed by atoms with E-state index in [4.69, 9.17) is 9.47 Å². The molecule has 0 atom stereocenters. The first-order valence-electron chi connectivity index (χ1n) is 5.13. The molecule has 94 valence electrons. The summed E-state index contributed by atoms with van der Waals surface area (Å²) in [4.78, 5) is 12.0. The quantitative estimate of drug-likeness (QED) is 0.577. The lowest BCUT2D eigenvalue weighted by Gasteiger charge is -2.09. The van der Waals surface area contributed by atoms with Gasteiger partial charge < -0.3 is 14.2 Å². The zero-order chi connectivity index (χ0) is 12.7. The lowest BCUT2D eigenvalue weighted by atomic mass is 10.3. The molecule has 0 aromatic heterocycles. The fourth-order valence-corrected chi connectivity index (χ4v) is 2.18. The van der Waals surface area contributed by atoms with Gasteiger partial charge in [-0.3, -0.25) is 4.79 Å². The minimum Gasteiger partial charge on any atom is -0.497 e. The van der Waals surface area contributed by atoms with Crippen LogP contribution in [0.2, 0.25) is 0 Å². The van der Waals surface area contributed by atoms with Crippen LogP contribution in [0.4, 0.5) is 0 Å². The van der Waals surface area contributed by atoms with E-state index in [0.717, 1.165) is 16.4 Å². The molecule has 0 unspecified atom stereocenters. The molecule has 0 aliphatic rings. The predicted octanol–water partition coefficient (Wildman–Crippen LogP) is 2.36. The molecule has 0 aliphatic carbocycles. The average Bonchev–Trinajstić information content (AvgIpc) is 2.38. The molecule has 0 fully saturated rings. The first kappa shape index (κ1) is 13.7. The van der Waals surface area contributed by atoms with Crippen molar-refractivity contribution in [3.63, 3.8) is 0 Å². The number of thioether (sulfide) groups is 1. The van der Waals surface area contributed by atoms with Crippen molar-refractivity contribution in [3.05, 3.63) is 18.2 Å². The summed E-state index contributed by atoms with van der Waals surface area (Å²) < 4.78 is 14.9. The molecule has 17 heavy (non-hydrogen) atoms. The molecule has 1 aromatic carbocycles. The number of carbonyl (C=O) groups is 1. The van der Waals surface area contributed by atoms with Crippen LogP contribution in [-0.4, -0.2) is 33.1 Å². The van der Waals surface area contributed by atoms with E-state index in [0.29, 0.717) is 12.2 Å². The lowest BCUT2D eigenvalue weighted by Crippen LogP contribution is -2.01. The van der Waals surface area contributed by atoms with Gasteiger partial charge in [-0.1, -0.05) is 0 Å². The number of hydrogen-bond donors (Lipinski definition) is 0. The Bertz CT molecular complexity index is 379. The molecule has 0 saturated carbocycles. The van der Waals surface area contributed by atoms with Crippen molar-refractivity contribution in [1.82, 2.24) is 0 Å². The monoisotopic (exact) mass is 256 g/mol. The van der Waals surface area contributed by atoms with Gasteiger partial charge in [-0.15, -0.1) is 11.8 Å². The molecular weight excluding hydrogens is 240 g/mol. The van der Waals surface area contributed by atoms with Crippen molar-refractivity contribution < 1.29 is 19.0 Å². The molecule has 0 spiro atoms. The van der Waals surface area contributed by atoms with E-state index in [1.165, 1.54) is 7.11 Å². The molecule has 4 nitrogen and oxygen atoms in total. The van der Waals surface area contributed by atoms with Gasteiger partial charge in [-0.05, 0) is 12.1 Å². The van der Waals surface area contributed by atoms with Crippen LogP contribution in [-0.2, 0) is 9.53 Å². The van der Waals surface area contributed by atoms with E-state index < -0.39 is 0 Å². The second-order valence-corrected chi connectivity index (χ2v) is 4.33. The molecule has 0 N–H and O–H groups in total. The zero-order valence-corrected chi connectivity index (χ0v) is 11.0. The molecule has 1 rings (SSSR count). The second kappa shape index (κ2) is 7.06. The van der Waals surface area contributed by atoms with Gasteiger partial charge >= 0.3 is 5.97 Å². The molecule has 0 bridgehead atoms. The number of methoxy groups -OCH3 is 3. The number of esters is 1. The SMILES string of the molecule is COC(=O)CCSc1ccc(OC)cc1OC. The van der Waals surface area contributed by atoms with Crippen LogP contribution >= 0.6 is 11.8 Å². The van der Waals surface area contributed by atoms with Crippen molar-refractivity contribution in [2.75, 3.05) is 27.1 Å². The first-order valence-corrected chi connectivity index (χ1v) is 6.11. The van der Waals surface area contributed by atoms with Gasteiger partial charge in [0.2, 0.25) is 0 Å². The van der Waals surface area contributed by atoms with E-state index in [1.807, 2.05) is 18.2 Å². The Morgan fingerprint density at radius 1 is 1.24 bits per heavy atom. The van der Waals surface area contributed by atoms with Gasteiger partial charge in [0.1, 0.15) is 11.5 Å². The highest BCUT2D eigenvalue weighted by atomic mass is 32.2. The number of benzene rings is 1. The van der Waals surface area contributed by atoms with Crippen molar-refractivity contribution in [2.45, 2.75) is 11.3 Å². The Kier molecular flexibility index (Phi) is 5.69. The summed E-state index contributed by atoms with van der Waals surface area (Å²) in [5.74, 6) is 1.96. The van der Waals surface area contributed by atoms with Crippen LogP contribution in [0.25, 0.3) is 0 Å². The van der Waals surface area contributed by atoms with Crippen LogP contribution in [0.5, 0.6) is 11.5 Å². The molecule has 5 heteroatoms. The van der Waals surface area contributed by atoms with E-state index in [2.05, 4.69) is 4.74 Å². The van der Waals surface area contributed by atoms with Crippen molar-refractivity contribution in [2.24, 2.45) is 0 Å². The summed E-state index contributed by atoms with van der Waals surface area (Å²) in [6.07, 6.45) is 0.385. The van der Waals surface area contributed by atoms with Crippen LogP contribution < -0.4 is 9.47 Å². The van der Waals surface area contributed by atoms with Crippen LogP contribution in [0.1, 0.15) is 6.42 Å². The highest BCUT2D eigenvalue weighted by Crippen LogP contribution is 2.32. The third-order valence-electron chi connectivity index (χ3n) is 2.16. The molecule has 0 amide bonds. The summed E-state index contributed by atoms with van der Waals surface area (Å²) in [6, 6.07) is 5.60. The summed E-state index contributed by atoms with van der Waals surface area (Å²) in [7, 11) is 4.61. The molecule has 0 radical (unpaired) electrons. The van der Waals surface area contributed by atoms with Crippen molar-refractivity contribution in [1.29, 1.82) is 0 Å². The normalized spacial score (nSPS) is 9.82. The Labute approximate surface area is 105 Å². The molecule has 1 aromatic rings. The van der Waals surface area contributed by atoms with Crippen LogP contribution in [0.15, 0.2) is 23.1 Å². The van der Waals surface area contributed by atoms with Crippen molar-refractivity contribution >= 4 is 17.7 Å². The minimum absolute atomic E-state index is 0.204. The zero-order valence-electron chi connectivity index (χ0n) is 10.2. The fourth-order valence-electron chi connectivity index (χ4n) is 1.24. The first-order chi connectivity index (χ1) is 8.21. The van der Waals surface area contributed by atoms with E-state index >= 15 is 0 Å². The van der Waals surface area contributed by atoms with Crippen LogP contribution in [0, 0.1) is 0 Å². The Hall–Kier alpha value is -1.36. The molecular formula is C12H16O4S. The fraction of sp³-hybridized carbons (Fsp3) is 0.417. The van der Waals surface area contributed by atoms with Gasteiger partial charge in [-0.25, -0.2) is 0 Å². The van der Waals surface area contributed by atoms with Gasteiger partial charge in [0.05, 0.1) is 27.8 Å². The molecule has 0 saturated heterocycles. The Balaban J connectivity index is 2.61. The molecule has 0 heterocycles. The topological polar surface area (TPSA) is 44.8 Å². The smallest absolute Gasteiger partial charge is 0.306 e. The van der Waals surface area contributed by atoms with Gasteiger partial charge in [0, 0.05) is 16.7 Å². The van der Waals surface area contributed by atoms with Gasteiger partial charge in [0.25, 0.3) is 0 Å². The summed E-state index contributed by atoms with van der Waals surface area (Å²) in [5.41, 5.74) is 0. The third kappa shape index (κ3) is 4.19. The maximum atomic E-state index is 11.0. The van der Waals surface area contributed by atoms with E-state index in [9.17, 15) is 4.79 Å². The minimum atomic E-state index is -0.204. The van der Waals surface area contributed by atoms with E-state index in [-0.39, 0.29) is 5.97 Å². The summed E-state index contributed by atoms with van der Waals surface area (Å²) in [6.45, 7) is 0. The van der Waals surface area contributed by atoms with Crippen LogP contribution in [0.3, 0.4) is 0 Å². The highest BCUT2D eigenvalue weighted by Gasteiger charge is 2.07. The highest BCUT2D eigenvalue weighted by molar-refractivity contribution is 7.99. The summed E-state index contributed by atoms with van der Waals surface area (Å²) in [5, 5.41) is 0. The molecule has 0 aliphatic heterocycles. The number of rotatable bonds is 6. The average molecular weight is 256 g/mol.